The number of nitrogens with zero attached hydrogens (tertiary/aromatic N) is 2. The first kappa shape index (κ1) is 14.3. The molecule has 0 aromatic carbocycles. The zero-order valence-corrected chi connectivity index (χ0v) is 12.3. The van der Waals surface area contributed by atoms with E-state index < -0.39 is 0 Å². The van der Waals surface area contributed by atoms with E-state index in [4.69, 9.17) is 0 Å². The summed E-state index contributed by atoms with van der Waals surface area (Å²) in [6, 6.07) is 0.754. The van der Waals surface area contributed by atoms with Crippen LogP contribution >= 0.6 is 0 Å². The number of hydrogen-bond donors (Lipinski definition) is 1. The Bertz CT molecular complexity index is 214. The smallest absolute Gasteiger partial charge is 0.0195 e. The molecule has 1 unspecified atom stereocenters. The normalized spacial score (nSPS) is 28.5. The van der Waals surface area contributed by atoms with Crippen LogP contribution < -0.4 is 5.32 Å². The second-order valence-electron chi connectivity index (χ2n) is 6.50. The van der Waals surface area contributed by atoms with E-state index in [1.54, 1.807) is 0 Å². The summed E-state index contributed by atoms with van der Waals surface area (Å²) in [6.45, 7) is 13.5. The highest BCUT2D eigenvalue weighted by molar-refractivity contribution is 4.79. The molecule has 2 saturated heterocycles. The van der Waals surface area contributed by atoms with E-state index in [1.807, 2.05) is 0 Å². The van der Waals surface area contributed by atoms with Crippen molar-refractivity contribution in [2.24, 2.45) is 5.92 Å². The first-order valence-corrected chi connectivity index (χ1v) is 7.92. The average molecular weight is 253 g/mol. The van der Waals surface area contributed by atoms with Gasteiger partial charge in [-0.05, 0) is 25.3 Å². The Morgan fingerprint density at radius 1 is 1.00 bits per heavy atom. The van der Waals surface area contributed by atoms with E-state index in [9.17, 15) is 0 Å². The van der Waals surface area contributed by atoms with Crippen LogP contribution in [0.15, 0.2) is 0 Å². The van der Waals surface area contributed by atoms with Gasteiger partial charge in [-0.2, -0.15) is 0 Å². The van der Waals surface area contributed by atoms with Crippen LogP contribution in [0.25, 0.3) is 0 Å². The van der Waals surface area contributed by atoms with E-state index in [0.717, 1.165) is 12.0 Å². The van der Waals surface area contributed by atoms with Gasteiger partial charge in [0.2, 0.25) is 0 Å². The van der Waals surface area contributed by atoms with E-state index >= 15 is 0 Å². The van der Waals surface area contributed by atoms with Gasteiger partial charge in [0.25, 0.3) is 0 Å². The maximum atomic E-state index is 3.72. The van der Waals surface area contributed by atoms with Crippen molar-refractivity contribution in [3.63, 3.8) is 0 Å². The molecule has 106 valence electrons. The molecule has 1 N–H and O–H groups in total. The Morgan fingerprint density at radius 2 is 1.72 bits per heavy atom. The molecule has 0 spiro atoms. The molecule has 2 fully saturated rings. The van der Waals surface area contributed by atoms with Gasteiger partial charge in [0.15, 0.2) is 0 Å². The lowest BCUT2D eigenvalue weighted by Crippen LogP contribution is -2.51. The fourth-order valence-electron chi connectivity index (χ4n) is 3.24. The second kappa shape index (κ2) is 7.46. The predicted octanol–water partition coefficient (Wildman–Crippen LogP) is 1.79. The molecule has 0 aromatic heterocycles. The van der Waals surface area contributed by atoms with Crippen LogP contribution in [0.3, 0.4) is 0 Å². The summed E-state index contributed by atoms with van der Waals surface area (Å²) >= 11 is 0. The zero-order chi connectivity index (χ0) is 12.8. The van der Waals surface area contributed by atoms with Gasteiger partial charge < -0.3 is 10.2 Å². The van der Waals surface area contributed by atoms with Crippen molar-refractivity contribution in [3.8, 4) is 0 Å². The van der Waals surface area contributed by atoms with Crippen LogP contribution in [0, 0.1) is 5.92 Å². The fraction of sp³-hybridized carbons (Fsp3) is 1.00. The lowest BCUT2D eigenvalue weighted by atomic mass is 10.1. The molecule has 0 bridgehead atoms. The van der Waals surface area contributed by atoms with Gasteiger partial charge in [0.05, 0.1) is 0 Å². The third kappa shape index (κ3) is 4.87. The van der Waals surface area contributed by atoms with Gasteiger partial charge in [-0.15, -0.1) is 0 Å². The van der Waals surface area contributed by atoms with E-state index in [2.05, 4.69) is 29.0 Å². The monoisotopic (exact) mass is 253 g/mol. The van der Waals surface area contributed by atoms with Crippen LogP contribution in [0.4, 0.5) is 0 Å². The summed E-state index contributed by atoms with van der Waals surface area (Å²) in [4.78, 5) is 5.29. The minimum Gasteiger partial charge on any atom is -0.313 e. The van der Waals surface area contributed by atoms with Crippen LogP contribution in [0.2, 0.25) is 0 Å². The summed E-state index contributed by atoms with van der Waals surface area (Å²) in [5, 5.41) is 3.72. The Morgan fingerprint density at radius 3 is 2.44 bits per heavy atom. The highest BCUT2D eigenvalue weighted by atomic mass is 15.3. The quantitative estimate of drug-likeness (QED) is 0.824. The lowest BCUT2D eigenvalue weighted by Gasteiger charge is -2.37. The highest BCUT2D eigenvalue weighted by Crippen LogP contribution is 2.11. The van der Waals surface area contributed by atoms with Crippen molar-refractivity contribution in [2.75, 3.05) is 45.8 Å². The van der Waals surface area contributed by atoms with Crippen molar-refractivity contribution in [2.45, 2.75) is 45.6 Å². The third-order valence-corrected chi connectivity index (χ3v) is 4.23. The maximum absolute atomic E-state index is 3.72. The fourth-order valence-corrected chi connectivity index (χ4v) is 3.24. The van der Waals surface area contributed by atoms with Crippen LogP contribution in [0.5, 0.6) is 0 Å². The highest BCUT2D eigenvalue weighted by Gasteiger charge is 2.20. The SMILES string of the molecule is CC(C)CN1CCN(CC2CCCCCN2)CC1. The van der Waals surface area contributed by atoms with Gasteiger partial charge in [0, 0.05) is 45.3 Å². The minimum absolute atomic E-state index is 0.754. The molecule has 2 aliphatic rings. The molecule has 2 aliphatic heterocycles. The van der Waals surface area contributed by atoms with Gasteiger partial charge in [-0.25, -0.2) is 0 Å². The van der Waals surface area contributed by atoms with E-state index in [-0.39, 0.29) is 0 Å². The molecule has 3 heteroatoms. The first-order valence-electron chi connectivity index (χ1n) is 7.92. The average Bonchev–Trinajstić information content (AvgIpc) is 2.60. The molecule has 0 aromatic rings. The Labute approximate surface area is 113 Å². The van der Waals surface area contributed by atoms with Gasteiger partial charge in [0.1, 0.15) is 0 Å². The molecule has 1 atom stereocenters. The number of rotatable bonds is 4. The molecule has 3 nitrogen and oxygen atoms in total. The molecule has 0 aliphatic carbocycles. The lowest BCUT2D eigenvalue weighted by molar-refractivity contribution is 0.113. The molecule has 0 saturated carbocycles. The van der Waals surface area contributed by atoms with Crippen LogP contribution in [0.1, 0.15) is 39.5 Å². The molecule has 2 rings (SSSR count). The third-order valence-electron chi connectivity index (χ3n) is 4.23. The summed E-state index contributed by atoms with van der Waals surface area (Å²) in [5.41, 5.74) is 0. The molecular formula is C15H31N3. The Balaban J connectivity index is 1.66. The Kier molecular flexibility index (Phi) is 5.93. The predicted molar refractivity (Wildman–Crippen MR) is 78.0 cm³/mol. The maximum Gasteiger partial charge on any atom is 0.0195 e. The van der Waals surface area contributed by atoms with Gasteiger partial charge in [-0.1, -0.05) is 26.7 Å². The topological polar surface area (TPSA) is 18.5 Å². The Hall–Kier alpha value is -0.120. The van der Waals surface area contributed by atoms with Gasteiger partial charge in [-0.3, -0.25) is 4.90 Å². The summed E-state index contributed by atoms with van der Waals surface area (Å²) in [5.74, 6) is 0.806. The van der Waals surface area contributed by atoms with Crippen molar-refractivity contribution in [3.05, 3.63) is 0 Å². The number of hydrogen-bond acceptors (Lipinski definition) is 3. The van der Waals surface area contributed by atoms with E-state index in [1.165, 1.54) is 71.5 Å². The molecule has 0 amide bonds. The summed E-state index contributed by atoms with van der Waals surface area (Å²) < 4.78 is 0. The van der Waals surface area contributed by atoms with Crippen LogP contribution in [-0.4, -0.2) is 61.7 Å². The van der Waals surface area contributed by atoms with E-state index in [0.29, 0.717) is 0 Å². The molecule has 2 heterocycles. The number of nitrogens with one attached hydrogen (secondary N) is 1. The zero-order valence-electron chi connectivity index (χ0n) is 12.3. The van der Waals surface area contributed by atoms with Crippen molar-refractivity contribution >= 4 is 0 Å². The van der Waals surface area contributed by atoms with Crippen molar-refractivity contribution in [1.29, 1.82) is 0 Å². The van der Waals surface area contributed by atoms with Crippen molar-refractivity contribution in [1.82, 2.24) is 15.1 Å². The first-order chi connectivity index (χ1) is 8.74. The molecular weight excluding hydrogens is 222 g/mol. The largest absolute Gasteiger partial charge is 0.313 e. The summed E-state index contributed by atoms with van der Waals surface area (Å²) in [6.07, 6.45) is 5.60. The second-order valence-corrected chi connectivity index (χ2v) is 6.50. The number of piperazine rings is 1. The minimum atomic E-state index is 0.754. The van der Waals surface area contributed by atoms with Crippen LogP contribution in [-0.2, 0) is 0 Å². The standard InChI is InChI=1S/C15H31N3/c1-14(2)12-17-8-10-18(11-9-17)13-15-6-4-3-5-7-16-15/h14-16H,3-13H2,1-2H3. The van der Waals surface area contributed by atoms with Gasteiger partial charge >= 0.3 is 0 Å². The molecule has 0 radical (unpaired) electrons. The van der Waals surface area contributed by atoms with Crippen molar-refractivity contribution < 1.29 is 0 Å². The summed E-state index contributed by atoms with van der Waals surface area (Å²) in [7, 11) is 0. The molecule has 18 heavy (non-hydrogen) atoms.